The smallest absolute Gasteiger partial charge is 0.185 e. The Morgan fingerprint density at radius 1 is 1.18 bits per heavy atom. The van der Waals surface area contributed by atoms with Crippen molar-refractivity contribution < 1.29 is 0 Å². The Bertz CT molecular complexity index is 155. The highest BCUT2D eigenvalue weighted by Crippen LogP contribution is 2.39. The van der Waals surface area contributed by atoms with Gasteiger partial charge in [0, 0.05) is 24.5 Å². The second-order valence-electron chi connectivity index (χ2n) is 4.67. The van der Waals surface area contributed by atoms with E-state index >= 15 is 0 Å². The van der Waals surface area contributed by atoms with E-state index in [0.717, 1.165) is 11.5 Å². The van der Waals surface area contributed by atoms with Crippen molar-refractivity contribution in [3.63, 3.8) is 0 Å². The van der Waals surface area contributed by atoms with Crippen LogP contribution >= 0.6 is 0 Å². The molecule has 2 rings (SSSR count). The van der Waals surface area contributed by atoms with Gasteiger partial charge < -0.3 is 4.81 Å². The summed E-state index contributed by atoms with van der Waals surface area (Å²) in [5.41, 5.74) is 0.721. The molecule has 2 saturated heterocycles. The molecule has 2 aliphatic rings. The number of rotatable bonds is 1. The summed E-state index contributed by atoms with van der Waals surface area (Å²) in [5, 5.41) is 0. The van der Waals surface area contributed by atoms with Gasteiger partial charge in [0.1, 0.15) is 0 Å². The van der Waals surface area contributed by atoms with Gasteiger partial charge in [0.05, 0.1) is 0 Å². The third kappa shape index (κ3) is 1.11. The van der Waals surface area contributed by atoms with Crippen molar-refractivity contribution in [2.24, 2.45) is 5.41 Å². The van der Waals surface area contributed by atoms with Gasteiger partial charge in [-0.25, -0.2) is 0 Å². The first-order valence-electron chi connectivity index (χ1n) is 4.54. The first-order chi connectivity index (χ1) is 5.11. The van der Waals surface area contributed by atoms with Crippen molar-refractivity contribution in [1.29, 1.82) is 0 Å². The van der Waals surface area contributed by atoms with E-state index < -0.39 is 0 Å². The van der Waals surface area contributed by atoms with Crippen LogP contribution in [0.5, 0.6) is 0 Å². The highest BCUT2D eigenvalue weighted by Gasteiger charge is 2.50. The second kappa shape index (κ2) is 2.24. The predicted octanol–water partition coefficient (Wildman–Crippen LogP) is -0.440. The molecule has 11 heavy (non-hydrogen) atoms. The first kappa shape index (κ1) is 7.62. The van der Waals surface area contributed by atoms with Crippen molar-refractivity contribution >= 4 is 7.98 Å². The third-order valence-electron chi connectivity index (χ3n) is 3.02. The topological polar surface area (TPSA) is 6.48 Å². The van der Waals surface area contributed by atoms with E-state index in [1.54, 1.807) is 0 Å². The minimum atomic E-state index is 0.721. The van der Waals surface area contributed by atoms with E-state index in [9.17, 15) is 0 Å². The highest BCUT2D eigenvalue weighted by atomic mass is 15.3. The van der Waals surface area contributed by atoms with Gasteiger partial charge in [-0.3, -0.25) is 4.90 Å². The first-order valence-corrected chi connectivity index (χ1v) is 4.54. The van der Waals surface area contributed by atoms with Crippen LogP contribution in [-0.2, 0) is 0 Å². The third-order valence-corrected chi connectivity index (χ3v) is 3.02. The molecule has 0 amide bonds. The summed E-state index contributed by atoms with van der Waals surface area (Å²) in [7, 11) is 2.21. The van der Waals surface area contributed by atoms with Gasteiger partial charge in [-0.2, -0.15) is 0 Å². The van der Waals surface area contributed by atoms with Crippen LogP contribution in [0.4, 0.5) is 0 Å². The van der Waals surface area contributed by atoms with E-state index in [1.165, 1.54) is 26.2 Å². The molecule has 2 aliphatic heterocycles. The molecule has 0 bridgehead atoms. The Morgan fingerprint density at radius 3 is 2.09 bits per heavy atom. The molecule has 0 aromatic carbocycles. The molecule has 0 N–H and O–H groups in total. The Labute approximate surface area is 70.0 Å². The molecule has 1 spiro atoms. The minimum Gasteiger partial charge on any atom is -0.347 e. The SMILES string of the molecule is BN1CC2(C1)CN(C(C)C)C2. The van der Waals surface area contributed by atoms with Crippen molar-refractivity contribution in [3.05, 3.63) is 0 Å². The summed E-state index contributed by atoms with van der Waals surface area (Å²) < 4.78 is 0. The van der Waals surface area contributed by atoms with Gasteiger partial charge in [-0.05, 0) is 26.9 Å². The number of hydrogen-bond acceptors (Lipinski definition) is 2. The van der Waals surface area contributed by atoms with E-state index in [0.29, 0.717) is 0 Å². The Kier molecular flexibility index (Phi) is 1.55. The van der Waals surface area contributed by atoms with Crippen LogP contribution in [0.15, 0.2) is 0 Å². The second-order valence-corrected chi connectivity index (χ2v) is 4.67. The Balaban J connectivity index is 1.80. The molecular weight excluding hydrogens is 135 g/mol. The van der Waals surface area contributed by atoms with E-state index in [-0.39, 0.29) is 0 Å². The molecule has 0 unspecified atom stereocenters. The maximum Gasteiger partial charge on any atom is 0.185 e. The van der Waals surface area contributed by atoms with Crippen LogP contribution in [0, 0.1) is 5.41 Å². The quantitative estimate of drug-likeness (QED) is 0.470. The minimum absolute atomic E-state index is 0.721. The van der Waals surface area contributed by atoms with Gasteiger partial charge in [0.15, 0.2) is 7.98 Å². The number of hydrogen-bond donors (Lipinski definition) is 0. The molecule has 2 fully saturated rings. The standard InChI is InChI=1S/C8H17BN2/c1-7(2)10-3-8(4-10)5-11(9)6-8/h7H,3-6,9H2,1-2H3. The summed E-state index contributed by atoms with van der Waals surface area (Å²) in [6.45, 7) is 9.92. The number of likely N-dealkylation sites (tertiary alicyclic amines) is 1. The van der Waals surface area contributed by atoms with Gasteiger partial charge in [0.2, 0.25) is 0 Å². The van der Waals surface area contributed by atoms with Gasteiger partial charge >= 0.3 is 0 Å². The molecule has 3 heteroatoms. The van der Waals surface area contributed by atoms with Gasteiger partial charge in [-0.1, -0.05) is 0 Å². The molecule has 0 aromatic heterocycles. The maximum atomic E-state index is 2.56. The lowest BCUT2D eigenvalue weighted by Gasteiger charge is -2.61. The predicted molar refractivity (Wildman–Crippen MR) is 49.3 cm³/mol. The lowest BCUT2D eigenvalue weighted by Crippen LogP contribution is -2.72. The van der Waals surface area contributed by atoms with Crippen LogP contribution in [0.1, 0.15) is 13.8 Å². The largest absolute Gasteiger partial charge is 0.347 e. The molecular formula is C8H17BN2. The van der Waals surface area contributed by atoms with Crippen molar-refractivity contribution in [2.75, 3.05) is 26.2 Å². The van der Waals surface area contributed by atoms with Crippen LogP contribution in [-0.4, -0.2) is 49.9 Å². The zero-order valence-electron chi connectivity index (χ0n) is 7.80. The Morgan fingerprint density at radius 2 is 1.73 bits per heavy atom. The molecule has 2 nitrogen and oxygen atoms in total. The monoisotopic (exact) mass is 152 g/mol. The van der Waals surface area contributed by atoms with Crippen molar-refractivity contribution in [1.82, 2.24) is 9.71 Å². The van der Waals surface area contributed by atoms with Gasteiger partial charge in [-0.15, -0.1) is 0 Å². The average molecular weight is 152 g/mol. The summed E-state index contributed by atoms with van der Waals surface area (Å²) in [6, 6.07) is 0.756. The fourth-order valence-electron chi connectivity index (χ4n) is 2.48. The Hall–Kier alpha value is -0.0151. The summed E-state index contributed by atoms with van der Waals surface area (Å²) in [5.74, 6) is 0. The summed E-state index contributed by atoms with van der Waals surface area (Å²) >= 11 is 0. The van der Waals surface area contributed by atoms with Crippen LogP contribution in [0.2, 0.25) is 0 Å². The van der Waals surface area contributed by atoms with E-state index in [1.807, 2.05) is 0 Å². The molecule has 0 aliphatic carbocycles. The fourth-order valence-corrected chi connectivity index (χ4v) is 2.48. The lowest BCUT2D eigenvalue weighted by atomic mass is 9.71. The van der Waals surface area contributed by atoms with Crippen molar-refractivity contribution in [2.45, 2.75) is 19.9 Å². The normalized spacial score (nSPS) is 30.5. The zero-order valence-corrected chi connectivity index (χ0v) is 7.80. The van der Waals surface area contributed by atoms with Crippen LogP contribution < -0.4 is 0 Å². The maximum absolute atomic E-state index is 2.56. The molecule has 2 heterocycles. The van der Waals surface area contributed by atoms with Crippen LogP contribution in [0.25, 0.3) is 0 Å². The zero-order chi connectivity index (χ0) is 8.06. The summed E-state index contributed by atoms with van der Waals surface area (Å²) in [4.78, 5) is 4.98. The number of nitrogens with zero attached hydrogens (tertiary/aromatic N) is 2. The highest BCUT2D eigenvalue weighted by molar-refractivity contribution is 6.05. The molecule has 0 atom stereocenters. The molecule has 0 radical (unpaired) electrons. The summed E-state index contributed by atoms with van der Waals surface area (Å²) in [6.07, 6.45) is 0. The fraction of sp³-hybridized carbons (Fsp3) is 1.00. The van der Waals surface area contributed by atoms with E-state index in [4.69, 9.17) is 0 Å². The van der Waals surface area contributed by atoms with E-state index in [2.05, 4.69) is 31.5 Å². The molecule has 0 saturated carbocycles. The van der Waals surface area contributed by atoms with Crippen LogP contribution in [0.3, 0.4) is 0 Å². The van der Waals surface area contributed by atoms with Crippen molar-refractivity contribution in [3.8, 4) is 0 Å². The molecule has 0 aromatic rings. The lowest BCUT2D eigenvalue weighted by molar-refractivity contribution is -0.0942. The average Bonchev–Trinajstić information content (AvgIpc) is 1.73. The molecule has 62 valence electrons. The van der Waals surface area contributed by atoms with Gasteiger partial charge in [0.25, 0.3) is 0 Å².